The average molecular weight is 255 g/mol. The average Bonchev–Trinajstić information content (AvgIpc) is 2.29. The molecule has 1 atom stereocenters. The van der Waals surface area contributed by atoms with E-state index in [0.717, 1.165) is 38.5 Å². The van der Waals surface area contributed by atoms with Crippen molar-refractivity contribution in [2.75, 3.05) is 26.2 Å². The third-order valence-corrected chi connectivity index (χ3v) is 4.04. The molecular formula is C14H29N3O. The normalized spacial score (nSPS) is 19.6. The first-order chi connectivity index (χ1) is 8.51. The fourth-order valence-corrected chi connectivity index (χ4v) is 2.42. The number of nitrogens with two attached hydrogens (primary N) is 1. The minimum Gasteiger partial charge on any atom is -0.368 e. The first kappa shape index (κ1) is 15.4. The van der Waals surface area contributed by atoms with Crippen LogP contribution < -0.4 is 11.1 Å². The number of nitrogens with one attached hydrogen (secondary N) is 1. The standard InChI is InChI=1S/C14H29N3O/c1-4-9-16-14(3,13(15)18)11-17(5-2)10-12-7-6-8-12/h12,16H,4-11H2,1-3H3,(H2,15,18). The highest BCUT2D eigenvalue weighted by Crippen LogP contribution is 2.27. The van der Waals surface area contributed by atoms with E-state index >= 15 is 0 Å². The van der Waals surface area contributed by atoms with Gasteiger partial charge in [0.25, 0.3) is 0 Å². The second-order valence-corrected chi connectivity index (χ2v) is 5.75. The lowest BCUT2D eigenvalue weighted by Gasteiger charge is -2.37. The molecule has 3 N–H and O–H groups in total. The van der Waals surface area contributed by atoms with Gasteiger partial charge in [-0.2, -0.15) is 0 Å². The van der Waals surface area contributed by atoms with E-state index in [0.29, 0.717) is 0 Å². The lowest BCUT2D eigenvalue weighted by Crippen LogP contribution is -2.60. The Hall–Kier alpha value is -0.610. The molecule has 0 aliphatic heterocycles. The first-order valence-electron chi connectivity index (χ1n) is 7.29. The Morgan fingerprint density at radius 2 is 2.11 bits per heavy atom. The second-order valence-electron chi connectivity index (χ2n) is 5.75. The predicted molar refractivity (Wildman–Crippen MR) is 75.3 cm³/mol. The van der Waals surface area contributed by atoms with Gasteiger partial charge < -0.3 is 16.0 Å². The molecule has 106 valence electrons. The highest BCUT2D eigenvalue weighted by atomic mass is 16.1. The largest absolute Gasteiger partial charge is 0.368 e. The monoisotopic (exact) mass is 255 g/mol. The van der Waals surface area contributed by atoms with Crippen LogP contribution >= 0.6 is 0 Å². The third-order valence-electron chi connectivity index (χ3n) is 4.04. The van der Waals surface area contributed by atoms with Crippen molar-refractivity contribution in [2.45, 2.75) is 52.0 Å². The van der Waals surface area contributed by atoms with Gasteiger partial charge in [0.15, 0.2) is 0 Å². The van der Waals surface area contributed by atoms with Crippen LogP contribution in [-0.2, 0) is 4.79 Å². The van der Waals surface area contributed by atoms with Gasteiger partial charge >= 0.3 is 0 Å². The molecule has 1 aliphatic rings. The zero-order chi connectivity index (χ0) is 13.6. The fraction of sp³-hybridized carbons (Fsp3) is 0.929. The van der Waals surface area contributed by atoms with Crippen LogP contribution in [0.15, 0.2) is 0 Å². The SMILES string of the molecule is CCCNC(C)(CN(CC)CC1CCC1)C(N)=O. The molecular weight excluding hydrogens is 226 g/mol. The number of nitrogens with zero attached hydrogens (tertiary/aromatic N) is 1. The van der Waals surface area contributed by atoms with Crippen molar-refractivity contribution in [2.24, 2.45) is 11.7 Å². The van der Waals surface area contributed by atoms with Crippen molar-refractivity contribution in [1.29, 1.82) is 0 Å². The minimum atomic E-state index is -0.601. The molecule has 0 aromatic carbocycles. The van der Waals surface area contributed by atoms with Gasteiger partial charge in [-0.1, -0.05) is 20.3 Å². The summed E-state index contributed by atoms with van der Waals surface area (Å²) >= 11 is 0. The third kappa shape index (κ3) is 4.25. The maximum atomic E-state index is 11.7. The summed E-state index contributed by atoms with van der Waals surface area (Å²) in [5.74, 6) is 0.580. The maximum absolute atomic E-state index is 11.7. The molecule has 1 aliphatic carbocycles. The van der Waals surface area contributed by atoms with Gasteiger partial charge in [-0.05, 0) is 45.2 Å². The van der Waals surface area contributed by atoms with Crippen molar-refractivity contribution in [1.82, 2.24) is 10.2 Å². The molecule has 0 bridgehead atoms. The van der Waals surface area contributed by atoms with Crippen molar-refractivity contribution in [3.05, 3.63) is 0 Å². The van der Waals surface area contributed by atoms with Crippen LogP contribution in [0, 0.1) is 5.92 Å². The van der Waals surface area contributed by atoms with Gasteiger partial charge in [-0.15, -0.1) is 0 Å². The molecule has 1 saturated carbocycles. The van der Waals surface area contributed by atoms with E-state index in [1.54, 1.807) is 0 Å². The molecule has 0 radical (unpaired) electrons. The summed E-state index contributed by atoms with van der Waals surface area (Å²) in [6.07, 6.45) is 5.05. The Morgan fingerprint density at radius 3 is 2.50 bits per heavy atom. The zero-order valence-electron chi connectivity index (χ0n) is 12.2. The molecule has 0 aromatic heterocycles. The Morgan fingerprint density at radius 1 is 1.44 bits per heavy atom. The van der Waals surface area contributed by atoms with Crippen molar-refractivity contribution >= 4 is 5.91 Å². The number of hydrogen-bond acceptors (Lipinski definition) is 3. The van der Waals surface area contributed by atoms with Crippen molar-refractivity contribution in [3.8, 4) is 0 Å². The fourth-order valence-electron chi connectivity index (χ4n) is 2.42. The van der Waals surface area contributed by atoms with Crippen LogP contribution in [0.1, 0.15) is 46.5 Å². The highest BCUT2D eigenvalue weighted by molar-refractivity contribution is 5.84. The molecule has 0 heterocycles. The number of primary amides is 1. The lowest BCUT2D eigenvalue weighted by atomic mass is 9.84. The first-order valence-corrected chi connectivity index (χ1v) is 7.29. The van der Waals surface area contributed by atoms with Crippen LogP contribution in [-0.4, -0.2) is 42.5 Å². The molecule has 1 fully saturated rings. The minimum absolute atomic E-state index is 0.247. The van der Waals surface area contributed by atoms with Crippen LogP contribution in [0.25, 0.3) is 0 Å². The summed E-state index contributed by atoms with van der Waals surface area (Å²) in [7, 11) is 0. The second kappa shape index (κ2) is 7.10. The van der Waals surface area contributed by atoms with Crippen LogP contribution in [0.2, 0.25) is 0 Å². The van der Waals surface area contributed by atoms with Crippen LogP contribution in [0.5, 0.6) is 0 Å². The predicted octanol–water partition coefficient (Wildman–Crippen LogP) is 1.35. The molecule has 4 heteroatoms. The summed E-state index contributed by atoms with van der Waals surface area (Å²) in [4.78, 5) is 14.0. The molecule has 1 amide bonds. The number of likely N-dealkylation sites (N-methyl/N-ethyl adjacent to an activating group) is 1. The van der Waals surface area contributed by atoms with Gasteiger partial charge in [0.1, 0.15) is 5.54 Å². The molecule has 0 saturated heterocycles. The Labute approximate surface area is 111 Å². The smallest absolute Gasteiger partial charge is 0.238 e. The summed E-state index contributed by atoms with van der Waals surface area (Å²) in [6.45, 7) is 9.81. The van der Waals surface area contributed by atoms with Gasteiger partial charge in [0, 0.05) is 13.1 Å². The van der Waals surface area contributed by atoms with E-state index < -0.39 is 5.54 Å². The van der Waals surface area contributed by atoms with Gasteiger partial charge in [-0.25, -0.2) is 0 Å². The summed E-state index contributed by atoms with van der Waals surface area (Å²) in [6, 6.07) is 0. The van der Waals surface area contributed by atoms with E-state index in [4.69, 9.17) is 5.73 Å². The van der Waals surface area contributed by atoms with E-state index in [1.807, 2.05) is 6.92 Å². The number of amides is 1. The van der Waals surface area contributed by atoms with Crippen molar-refractivity contribution in [3.63, 3.8) is 0 Å². The molecule has 1 unspecified atom stereocenters. The maximum Gasteiger partial charge on any atom is 0.238 e. The van der Waals surface area contributed by atoms with Crippen molar-refractivity contribution < 1.29 is 4.79 Å². The number of rotatable bonds is 9. The zero-order valence-corrected chi connectivity index (χ0v) is 12.2. The molecule has 1 rings (SSSR count). The topological polar surface area (TPSA) is 58.4 Å². The molecule has 0 aromatic rings. The van der Waals surface area contributed by atoms with Gasteiger partial charge in [0.2, 0.25) is 5.91 Å². The molecule has 18 heavy (non-hydrogen) atoms. The summed E-state index contributed by atoms with van der Waals surface area (Å²) in [5, 5.41) is 3.30. The van der Waals surface area contributed by atoms with E-state index in [2.05, 4.69) is 24.1 Å². The Balaban J connectivity index is 2.52. The van der Waals surface area contributed by atoms with E-state index in [9.17, 15) is 4.79 Å². The summed E-state index contributed by atoms with van der Waals surface area (Å²) in [5.41, 5.74) is 4.96. The van der Waals surface area contributed by atoms with Crippen LogP contribution in [0.4, 0.5) is 0 Å². The van der Waals surface area contributed by atoms with Gasteiger partial charge in [-0.3, -0.25) is 4.79 Å². The highest BCUT2D eigenvalue weighted by Gasteiger charge is 2.33. The lowest BCUT2D eigenvalue weighted by molar-refractivity contribution is -0.124. The summed E-state index contributed by atoms with van der Waals surface area (Å²) < 4.78 is 0. The van der Waals surface area contributed by atoms with E-state index in [1.165, 1.54) is 19.3 Å². The van der Waals surface area contributed by atoms with E-state index in [-0.39, 0.29) is 5.91 Å². The Kier molecular flexibility index (Phi) is 6.09. The quantitative estimate of drug-likeness (QED) is 0.654. The van der Waals surface area contributed by atoms with Gasteiger partial charge in [0.05, 0.1) is 0 Å². The molecule has 4 nitrogen and oxygen atoms in total. The number of carbonyl (C=O) groups excluding carboxylic acids is 1. The molecule has 0 spiro atoms. The number of carbonyl (C=O) groups is 1. The Bertz CT molecular complexity index is 266. The van der Waals surface area contributed by atoms with Crippen LogP contribution in [0.3, 0.4) is 0 Å². The number of hydrogen-bond donors (Lipinski definition) is 2.